The van der Waals surface area contributed by atoms with E-state index in [4.69, 9.17) is 0 Å². The third-order valence-corrected chi connectivity index (χ3v) is 4.40. The summed E-state index contributed by atoms with van der Waals surface area (Å²) in [6, 6.07) is 4.28. The van der Waals surface area contributed by atoms with Crippen LogP contribution < -0.4 is 0 Å². The third-order valence-electron chi connectivity index (χ3n) is 4.40. The molecule has 1 aromatic heterocycles. The van der Waals surface area contributed by atoms with Crippen molar-refractivity contribution in [1.82, 2.24) is 19.7 Å². The van der Waals surface area contributed by atoms with Crippen molar-refractivity contribution in [3.8, 4) is 0 Å². The lowest BCUT2D eigenvalue weighted by atomic mass is 9.88. The fourth-order valence-electron chi connectivity index (χ4n) is 3.39. The van der Waals surface area contributed by atoms with Gasteiger partial charge in [0.2, 0.25) is 0 Å². The van der Waals surface area contributed by atoms with Crippen molar-refractivity contribution in [1.29, 1.82) is 0 Å². The molecule has 1 unspecified atom stereocenters. The molecule has 2 saturated heterocycles. The van der Waals surface area contributed by atoms with Crippen molar-refractivity contribution in [2.75, 3.05) is 33.2 Å². The average Bonchev–Trinajstić information content (AvgIpc) is 2.68. The molecule has 3 rings (SSSR count). The molecule has 2 aliphatic rings. The maximum atomic E-state index is 12.8. The molecule has 0 bridgehead atoms. The van der Waals surface area contributed by atoms with Gasteiger partial charge in [0.05, 0.1) is 0 Å². The first kappa shape index (κ1) is 16.7. The number of hydrogen-bond donors (Lipinski definition) is 0. The number of piperazine rings is 1. The normalized spacial score (nSPS) is 25.3. The lowest BCUT2D eigenvalue weighted by Gasteiger charge is -2.43. The number of fused-ring (bicyclic) bond motifs is 1. The van der Waals surface area contributed by atoms with E-state index in [2.05, 4.69) is 4.98 Å². The predicted octanol–water partition coefficient (Wildman–Crippen LogP) is 1.13. The molecule has 1 atom stereocenters. The van der Waals surface area contributed by atoms with Crippen LogP contribution >= 0.6 is 0 Å². The Kier molecular flexibility index (Phi) is 3.98. The number of rotatable bonds is 3. The van der Waals surface area contributed by atoms with Crippen molar-refractivity contribution in [2.24, 2.45) is 0 Å². The maximum absolute atomic E-state index is 12.8. The largest absolute Gasteiger partial charge is 0.406 e. The number of imide groups is 1. The molecule has 0 spiro atoms. The zero-order chi connectivity index (χ0) is 17.5. The van der Waals surface area contributed by atoms with Gasteiger partial charge in [-0.1, -0.05) is 6.07 Å². The van der Waals surface area contributed by atoms with Gasteiger partial charge in [-0.25, -0.2) is 4.79 Å². The summed E-state index contributed by atoms with van der Waals surface area (Å²) < 4.78 is 38.3. The van der Waals surface area contributed by atoms with Crippen LogP contribution in [0.3, 0.4) is 0 Å². The van der Waals surface area contributed by atoms with Gasteiger partial charge in [-0.2, -0.15) is 13.2 Å². The first-order valence-electron chi connectivity index (χ1n) is 7.52. The van der Waals surface area contributed by atoms with Crippen LogP contribution in [0.15, 0.2) is 24.4 Å². The van der Waals surface area contributed by atoms with Gasteiger partial charge in [-0.3, -0.25) is 14.7 Å². The molecule has 6 nitrogen and oxygen atoms in total. The predicted molar refractivity (Wildman–Crippen MR) is 78.0 cm³/mol. The Balaban J connectivity index is 1.98. The van der Waals surface area contributed by atoms with Crippen molar-refractivity contribution in [2.45, 2.75) is 18.1 Å². The quantitative estimate of drug-likeness (QED) is 0.773. The fourth-order valence-corrected chi connectivity index (χ4v) is 3.39. The Morgan fingerprint density at radius 1 is 1.25 bits per heavy atom. The van der Waals surface area contributed by atoms with Crippen LogP contribution in [0.1, 0.15) is 5.69 Å². The van der Waals surface area contributed by atoms with E-state index in [9.17, 15) is 22.8 Å². The molecule has 3 heterocycles. The van der Waals surface area contributed by atoms with E-state index >= 15 is 0 Å². The second-order valence-corrected chi connectivity index (χ2v) is 6.21. The summed E-state index contributed by atoms with van der Waals surface area (Å²) in [5.74, 6) is -0.804. The standard InChI is InChI=1S/C15H17F3N4O2/c1-20-6-7-22-13(24)21(10-15(16,17)18)12(23)14(22,9-20)8-11-4-2-3-5-19-11/h2-5H,6-10H2,1H3. The zero-order valence-corrected chi connectivity index (χ0v) is 13.1. The monoisotopic (exact) mass is 342 g/mol. The van der Waals surface area contributed by atoms with Gasteiger partial charge < -0.3 is 9.80 Å². The summed E-state index contributed by atoms with van der Waals surface area (Å²) >= 11 is 0. The minimum Gasteiger partial charge on any atom is -0.307 e. The van der Waals surface area contributed by atoms with Crippen LogP contribution in [0.4, 0.5) is 18.0 Å². The molecule has 0 N–H and O–H groups in total. The minimum absolute atomic E-state index is 0.0944. The Morgan fingerprint density at radius 2 is 2.00 bits per heavy atom. The van der Waals surface area contributed by atoms with Gasteiger partial charge in [0.1, 0.15) is 12.1 Å². The Hall–Kier alpha value is -2.16. The van der Waals surface area contributed by atoms with Gasteiger partial charge in [0.15, 0.2) is 0 Å². The highest BCUT2D eigenvalue weighted by Crippen LogP contribution is 2.35. The number of urea groups is 1. The molecule has 24 heavy (non-hydrogen) atoms. The summed E-state index contributed by atoms with van der Waals surface area (Å²) in [6.07, 6.45) is -2.98. The molecule has 0 radical (unpaired) electrons. The molecule has 130 valence electrons. The molecular formula is C15H17F3N4O2. The van der Waals surface area contributed by atoms with Crippen LogP contribution in [-0.4, -0.2) is 76.6 Å². The summed E-state index contributed by atoms with van der Waals surface area (Å²) in [5, 5.41) is 0. The van der Waals surface area contributed by atoms with E-state index in [0.717, 1.165) is 0 Å². The summed E-state index contributed by atoms with van der Waals surface area (Å²) in [6.45, 7) is -0.664. The number of likely N-dealkylation sites (N-methyl/N-ethyl adjacent to an activating group) is 1. The Labute approximate surface area is 136 Å². The van der Waals surface area contributed by atoms with E-state index in [-0.39, 0.29) is 19.5 Å². The molecule has 2 fully saturated rings. The highest BCUT2D eigenvalue weighted by atomic mass is 19.4. The van der Waals surface area contributed by atoms with Crippen molar-refractivity contribution in [3.63, 3.8) is 0 Å². The van der Waals surface area contributed by atoms with E-state index in [1.165, 1.54) is 4.90 Å². The summed E-state index contributed by atoms with van der Waals surface area (Å²) in [5.41, 5.74) is -0.767. The van der Waals surface area contributed by atoms with Gasteiger partial charge >= 0.3 is 12.2 Å². The second-order valence-electron chi connectivity index (χ2n) is 6.21. The van der Waals surface area contributed by atoms with Gasteiger partial charge in [-0.05, 0) is 19.2 Å². The van der Waals surface area contributed by atoms with Gasteiger partial charge in [0, 0.05) is 37.9 Å². The molecule has 3 amide bonds. The Morgan fingerprint density at radius 3 is 2.62 bits per heavy atom. The molecule has 0 saturated carbocycles. The van der Waals surface area contributed by atoms with Crippen LogP contribution in [-0.2, 0) is 11.2 Å². The number of pyridine rings is 1. The topological polar surface area (TPSA) is 56.8 Å². The zero-order valence-electron chi connectivity index (χ0n) is 13.1. The lowest BCUT2D eigenvalue weighted by molar-refractivity contribution is -0.156. The average molecular weight is 342 g/mol. The van der Waals surface area contributed by atoms with E-state index in [0.29, 0.717) is 17.1 Å². The van der Waals surface area contributed by atoms with Crippen LogP contribution in [0.5, 0.6) is 0 Å². The van der Waals surface area contributed by atoms with Crippen LogP contribution in [0.25, 0.3) is 0 Å². The first-order chi connectivity index (χ1) is 11.2. The number of nitrogens with zero attached hydrogens (tertiary/aromatic N) is 4. The summed E-state index contributed by atoms with van der Waals surface area (Å²) in [4.78, 5) is 32.8. The smallest absolute Gasteiger partial charge is 0.307 e. The fraction of sp³-hybridized carbons (Fsp3) is 0.533. The van der Waals surface area contributed by atoms with Gasteiger partial charge in [0.25, 0.3) is 5.91 Å². The third kappa shape index (κ3) is 2.83. The van der Waals surface area contributed by atoms with Crippen molar-refractivity contribution >= 4 is 11.9 Å². The van der Waals surface area contributed by atoms with Gasteiger partial charge in [-0.15, -0.1) is 0 Å². The number of halogens is 3. The Bertz CT molecular complexity index is 652. The lowest BCUT2D eigenvalue weighted by Crippen LogP contribution is -2.63. The SMILES string of the molecule is CN1CCN2C(=O)N(CC(F)(F)F)C(=O)C2(Cc2ccccn2)C1. The highest BCUT2D eigenvalue weighted by Gasteiger charge is 2.60. The first-order valence-corrected chi connectivity index (χ1v) is 7.52. The second kappa shape index (κ2) is 5.73. The number of amides is 3. The maximum Gasteiger partial charge on any atom is 0.406 e. The minimum atomic E-state index is -4.63. The number of carbonyl (C=O) groups excluding carboxylic acids is 2. The van der Waals surface area contributed by atoms with Crippen molar-refractivity contribution < 1.29 is 22.8 Å². The number of hydrogen-bond acceptors (Lipinski definition) is 4. The number of carbonyl (C=O) groups is 2. The molecule has 1 aromatic rings. The number of alkyl halides is 3. The molecular weight excluding hydrogens is 325 g/mol. The molecule has 0 aromatic carbocycles. The van der Waals surface area contributed by atoms with Crippen LogP contribution in [0.2, 0.25) is 0 Å². The molecule has 9 heteroatoms. The van der Waals surface area contributed by atoms with Crippen LogP contribution in [0, 0.1) is 0 Å². The van der Waals surface area contributed by atoms with E-state index in [1.54, 1.807) is 31.4 Å². The van der Waals surface area contributed by atoms with E-state index < -0.39 is 30.2 Å². The number of aromatic nitrogens is 1. The van der Waals surface area contributed by atoms with E-state index in [1.807, 2.05) is 4.90 Å². The van der Waals surface area contributed by atoms with Crippen molar-refractivity contribution in [3.05, 3.63) is 30.1 Å². The molecule has 0 aliphatic carbocycles. The molecule has 2 aliphatic heterocycles. The highest BCUT2D eigenvalue weighted by molar-refractivity contribution is 6.07. The summed E-state index contributed by atoms with van der Waals surface area (Å²) in [7, 11) is 1.78.